The van der Waals surface area contributed by atoms with Crippen molar-refractivity contribution in [2.24, 2.45) is 5.92 Å². The Hall–Kier alpha value is -1.12. The minimum atomic E-state index is -0.382. The maximum Gasteiger partial charge on any atom is 0.241 e. The maximum absolute atomic E-state index is 12.4. The molecular formula is C12H17N3O2. The monoisotopic (exact) mass is 235 g/mol. The molecule has 1 amide bonds. The first-order valence-electron chi connectivity index (χ1n) is 6.36. The second kappa shape index (κ2) is 3.97. The quantitative estimate of drug-likeness (QED) is 0.649. The molecule has 5 nitrogen and oxygen atoms in total. The number of hydrogen-bond acceptors (Lipinski definition) is 4. The number of nitriles is 1. The Morgan fingerprint density at radius 3 is 2.82 bits per heavy atom. The lowest BCUT2D eigenvalue weighted by atomic mass is 9.97. The zero-order valence-corrected chi connectivity index (χ0v) is 9.67. The highest BCUT2D eigenvalue weighted by Crippen LogP contribution is 2.37. The first kappa shape index (κ1) is 11.0. The van der Waals surface area contributed by atoms with Gasteiger partial charge in [-0.3, -0.25) is 4.79 Å². The van der Waals surface area contributed by atoms with E-state index >= 15 is 0 Å². The Balaban J connectivity index is 1.74. The summed E-state index contributed by atoms with van der Waals surface area (Å²) in [5.41, 5.74) is 0. The van der Waals surface area contributed by atoms with Crippen LogP contribution in [0.5, 0.6) is 0 Å². The van der Waals surface area contributed by atoms with Gasteiger partial charge in [0.25, 0.3) is 0 Å². The highest BCUT2D eigenvalue weighted by molar-refractivity contribution is 5.84. The summed E-state index contributed by atoms with van der Waals surface area (Å²) in [6, 6.07) is 1.74. The molecule has 0 aromatic heterocycles. The second-order valence-electron chi connectivity index (χ2n) is 5.30. The van der Waals surface area contributed by atoms with Crippen LogP contribution in [0.3, 0.4) is 0 Å². The van der Waals surface area contributed by atoms with E-state index in [4.69, 9.17) is 5.26 Å². The number of aliphatic hydroxyl groups excluding tert-OH is 1. The van der Waals surface area contributed by atoms with Crippen molar-refractivity contribution in [2.45, 2.75) is 49.9 Å². The molecule has 1 aliphatic carbocycles. The summed E-state index contributed by atoms with van der Waals surface area (Å²) < 4.78 is 0. The molecule has 0 radical (unpaired) electrons. The molecule has 5 heteroatoms. The third kappa shape index (κ3) is 1.55. The van der Waals surface area contributed by atoms with E-state index in [1.165, 1.54) is 0 Å². The van der Waals surface area contributed by atoms with Crippen molar-refractivity contribution in [2.75, 3.05) is 6.54 Å². The van der Waals surface area contributed by atoms with Crippen LogP contribution in [0.15, 0.2) is 0 Å². The van der Waals surface area contributed by atoms with Crippen LogP contribution in [0.4, 0.5) is 0 Å². The van der Waals surface area contributed by atoms with Gasteiger partial charge >= 0.3 is 0 Å². The van der Waals surface area contributed by atoms with Crippen LogP contribution in [-0.2, 0) is 4.79 Å². The van der Waals surface area contributed by atoms with E-state index in [-0.39, 0.29) is 36.1 Å². The number of carbonyl (C=O) groups is 1. The van der Waals surface area contributed by atoms with Crippen LogP contribution in [0.2, 0.25) is 0 Å². The van der Waals surface area contributed by atoms with E-state index in [0.29, 0.717) is 6.54 Å². The number of piperidine rings is 1. The number of nitrogens with zero attached hydrogens (tertiary/aromatic N) is 2. The highest BCUT2D eigenvalue weighted by Gasteiger charge is 2.51. The minimum absolute atomic E-state index is 0.0142. The van der Waals surface area contributed by atoms with E-state index in [2.05, 4.69) is 11.4 Å². The van der Waals surface area contributed by atoms with Crippen LogP contribution < -0.4 is 5.32 Å². The van der Waals surface area contributed by atoms with Gasteiger partial charge in [-0.2, -0.15) is 5.26 Å². The van der Waals surface area contributed by atoms with Crippen molar-refractivity contribution in [3.05, 3.63) is 0 Å². The summed E-state index contributed by atoms with van der Waals surface area (Å²) in [6.07, 6.45) is 3.18. The summed E-state index contributed by atoms with van der Waals surface area (Å²) in [7, 11) is 0. The van der Waals surface area contributed by atoms with E-state index in [1.807, 2.05) is 0 Å². The van der Waals surface area contributed by atoms with Gasteiger partial charge in [-0.15, -0.1) is 0 Å². The van der Waals surface area contributed by atoms with Crippen LogP contribution in [0.25, 0.3) is 0 Å². The van der Waals surface area contributed by atoms with Gasteiger partial charge in [0.15, 0.2) is 0 Å². The summed E-state index contributed by atoms with van der Waals surface area (Å²) in [5.74, 6) is 0.0627. The van der Waals surface area contributed by atoms with Crippen LogP contribution >= 0.6 is 0 Å². The van der Waals surface area contributed by atoms with Gasteiger partial charge in [-0.25, -0.2) is 0 Å². The van der Waals surface area contributed by atoms with Crippen molar-refractivity contribution < 1.29 is 9.90 Å². The predicted octanol–water partition coefficient (Wildman–Crippen LogP) is -0.388. The number of rotatable bonds is 1. The van der Waals surface area contributed by atoms with Crippen LogP contribution in [-0.4, -0.2) is 46.7 Å². The Morgan fingerprint density at radius 1 is 1.41 bits per heavy atom. The molecule has 3 fully saturated rings. The number of aliphatic hydroxyl groups is 1. The largest absolute Gasteiger partial charge is 0.391 e. The van der Waals surface area contributed by atoms with E-state index in [0.717, 1.165) is 25.7 Å². The Bertz CT molecular complexity index is 378. The summed E-state index contributed by atoms with van der Waals surface area (Å²) in [5, 5.41) is 22.1. The van der Waals surface area contributed by atoms with Gasteiger partial charge in [0.2, 0.25) is 5.91 Å². The molecule has 1 unspecified atom stereocenters. The number of likely N-dealkylation sites (tertiary alicyclic amines) is 1. The number of fused-ring (bicyclic) bond motifs is 2. The fourth-order valence-electron chi connectivity index (χ4n) is 3.51. The predicted molar refractivity (Wildman–Crippen MR) is 59.8 cm³/mol. The van der Waals surface area contributed by atoms with Gasteiger partial charge < -0.3 is 15.3 Å². The van der Waals surface area contributed by atoms with Gasteiger partial charge in [-0.05, 0) is 25.7 Å². The third-order valence-corrected chi connectivity index (χ3v) is 4.43. The molecule has 0 aromatic rings. The van der Waals surface area contributed by atoms with Gasteiger partial charge in [0.1, 0.15) is 6.04 Å². The lowest BCUT2D eigenvalue weighted by molar-refractivity contribution is -0.134. The molecule has 5 atom stereocenters. The third-order valence-electron chi connectivity index (χ3n) is 4.43. The smallest absolute Gasteiger partial charge is 0.241 e. The molecule has 2 heterocycles. The fourth-order valence-corrected chi connectivity index (χ4v) is 3.51. The van der Waals surface area contributed by atoms with E-state index < -0.39 is 0 Å². The molecule has 1 saturated carbocycles. The maximum atomic E-state index is 12.4. The number of amides is 1. The molecule has 3 aliphatic rings. The average molecular weight is 235 g/mol. The fraction of sp³-hybridized carbons (Fsp3) is 0.833. The molecule has 2 N–H and O–H groups in total. The van der Waals surface area contributed by atoms with Gasteiger partial charge in [0.05, 0.1) is 18.2 Å². The van der Waals surface area contributed by atoms with Crippen LogP contribution in [0, 0.1) is 17.2 Å². The summed E-state index contributed by atoms with van der Waals surface area (Å²) in [4.78, 5) is 14.0. The first-order chi connectivity index (χ1) is 8.22. The molecule has 3 rings (SSSR count). The molecule has 2 saturated heterocycles. The molecular weight excluding hydrogens is 218 g/mol. The number of hydrogen-bond donors (Lipinski definition) is 2. The first-order valence-corrected chi connectivity index (χ1v) is 6.36. The number of carbonyl (C=O) groups excluding carboxylic acids is 1. The zero-order chi connectivity index (χ0) is 12.0. The van der Waals surface area contributed by atoms with E-state index in [1.54, 1.807) is 4.90 Å². The zero-order valence-electron chi connectivity index (χ0n) is 9.67. The van der Waals surface area contributed by atoms with Crippen molar-refractivity contribution >= 4 is 5.91 Å². The topological polar surface area (TPSA) is 76.4 Å². The Kier molecular flexibility index (Phi) is 2.57. The minimum Gasteiger partial charge on any atom is -0.391 e. The Morgan fingerprint density at radius 2 is 2.24 bits per heavy atom. The molecule has 17 heavy (non-hydrogen) atoms. The van der Waals surface area contributed by atoms with Gasteiger partial charge in [0, 0.05) is 18.5 Å². The standard InChI is InChI=1S/C12H17N3O2/c13-6-7-2-1-5-15(7)12(17)10-8-3-4-9(14-10)11(8)16/h7-11,14,16H,1-5H2/t7-,8-,9+,10-,11?/m0/s1. The van der Waals surface area contributed by atoms with Gasteiger partial charge in [-0.1, -0.05) is 0 Å². The van der Waals surface area contributed by atoms with Crippen molar-refractivity contribution in [1.29, 1.82) is 5.26 Å². The SMILES string of the molecule is N#C[C@@H]1CCCN1C(=O)[C@H]1N[C@@H]2CC[C@@H]1C2O. The molecule has 0 spiro atoms. The highest BCUT2D eigenvalue weighted by atomic mass is 16.3. The Labute approximate surface area is 100 Å². The van der Waals surface area contributed by atoms with Crippen molar-refractivity contribution in [3.63, 3.8) is 0 Å². The molecule has 2 aliphatic heterocycles. The van der Waals surface area contributed by atoms with Crippen molar-refractivity contribution in [3.8, 4) is 6.07 Å². The summed E-state index contributed by atoms with van der Waals surface area (Å²) >= 11 is 0. The lowest BCUT2D eigenvalue weighted by Gasteiger charge is -2.28. The average Bonchev–Trinajstić information content (AvgIpc) is 3.03. The van der Waals surface area contributed by atoms with Crippen LogP contribution in [0.1, 0.15) is 25.7 Å². The molecule has 0 aromatic carbocycles. The lowest BCUT2D eigenvalue weighted by Crippen LogP contribution is -2.50. The second-order valence-corrected chi connectivity index (χ2v) is 5.30. The van der Waals surface area contributed by atoms with Crippen molar-refractivity contribution in [1.82, 2.24) is 10.2 Å². The summed E-state index contributed by atoms with van der Waals surface area (Å²) in [6.45, 7) is 0.683. The number of nitrogens with one attached hydrogen (secondary N) is 1. The molecule has 2 bridgehead atoms. The van der Waals surface area contributed by atoms with E-state index in [9.17, 15) is 9.90 Å². The normalized spacial score (nSPS) is 44.0. The molecule has 92 valence electrons.